The molecule has 12 aromatic carbocycles. The molecule has 15 rings (SSSR count). The molecule has 0 aliphatic carbocycles. The predicted octanol–water partition coefficient (Wildman–Crippen LogP) is 20.5. The number of benzene rings is 12. The van der Waals surface area contributed by atoms with Gasteiger partial charge in [0.1, 0.15) is 0 Å². The molecule has 0 atom stereocenters. The number of aromatic nitrogens is 3. The first-order valence-corrected chi connectivity index (χ1v) is 26.9. The highest BCUT2D eigenvalue weighted by Gasteiger charge is 2.21. The van der Waals surface area contributed by atoms with Crippen molar-refractivity contribution in [3.63, 3.8) is 0 Å². The molecule has 0 aliphatic rings. The zero-order valence-electron chi connectivity index (χ0n) is 43.1. The second kappa shape index (κ2) is 18.3. The van der Waals surface area contributed by atoms with Crippen molar-refractivity contribution in [2.24, 2.45) is 0 Å². The summed E-state index contributed by atoms with van der Waals surface area (Å²) in [6.45, 7) is 6.27. The minimum atomic E-state index is 1.10. The second-order valence-corrected chi connectivity index (χ2v) is 20.5. The monoisotopic (exact) mass is 993 g/mol. The Labute approximate surface area is 452 Å². The summed E-state index contributed by atoms with van der Waals surface area (Å²) in [5.41, 5.74) is 22.0. The van der Waals surface area contributed by atoms with E-state index in [1.54, 1.807) is 0 Å². The molecule has 0 aliphatic heterocycles. The summed E-state index contributed by atoms with van der Waals surface area (Å²) in [6.07, 6.45) is 6.28. The highest BCUT2D eigenvalue weighted by Crippen LogP contribution is 2.43. The fourth-order valence-electron chi connectivity index (χ4n) is 12.6. The van der Waals surface area contributed by atoms with E-state index in [1.807, 2.05) is 6.08 Å². The fraction of sp³-hybridized carbons (Fsp3) is 0.0133. The molecule has 3 heterocycles. The van der Waals surface area contributed by atoms with Crippen molar-refractivity contribution in [1.29, 1.82) is 0 Å². The van der Waals surface area contributed by atoms with E-state index in [2.05, 4.69) is 300 Å². The Hall–Kier alpha value is -10.2. The first-order valence-electron chi connectivity index (χ1n) is 26.9. The topological polar surface area (TPSA) is 14.8 Å². The van der Waals surface area contributed by atoms with Crippen molar-refractivity contribution < 1.29 is 0 Å². The molecule has 0 fully saturated rings. The summed E-state index contributed by atoms with van der Waals surface area (Å²) >= 11 is 0. The standard InChI is InChI=1S/C75H51N3/c1-3-20-61-49(4-2)24-19-31-62(61)57-42-54(50-21-7-5-8-22-50)43-59(46-57)77-71-33-17-15-30-66(71)69-48-53(37-40-74(69)77)56-41-55(52-36-39-73-68(47-52)65-29-14-16-32-70(65)76(73)58-25-9-6-10-26-58)44-60(45-56)78-72-34-18-13-28-64(72)67-38-35-51-23-11-12-27-63(51)75(67)78/h3-48H,2H2,1H3/b20-3-. The number of hydrogen-bond donors (Lipinski definition) is 0. The number of allylic oxidation sites excluding steroid dienone is 1. The third kappa shape index (κ3) is 7.20. The molecular formula is C75H51N3. The third-order valence-electron chi connectivity index (χ3n) is 16.0. The molecule has 0 saturated heterocycles. The minimum absolute atomic E-state index is 1.10. The van der Waals surface area contributed by atoms with Gasteiger partial charge in [-0.3, -0.25) is 0 Å². The van der Waals surface area contributed by atoms with Gasteiger partial charge in [0.2, 0.25) is 0 Å². The van der Waals surface area contributed by atoms with E-state index in [0.717, 1.165) is 72.6 Å². The highest BCUT2D eigenvalue weighted by atomic mass is 15.0. The lowest BCUT2D eigenvalue weighted by molar-refractivity contribution is 1.18. The van der Waals surface area contributed by atoms with Crippen molar-refractivity contribution in [1.82, 2.24) is 13.7 Å². The van der Waals surface area contributed by atoms with Crippen LogP contribution in [-0.2, 0) is 0 Å². The summed E-state index contributed by atoms with van der Waals surface area (Å²) in [6, 6.07) is 96.3. The average molecular weight is 994 g/mol. The van der Waals surface area contributed by atoms with Crippen LogP contribution in [0.15, 0.2) is 274 Å². The molecule has 15 aromatic rings. The molecular weight excluding hydrogens is 943 g/mol. The molecule has 0 amide bonds. The summed E-state index contributed by atoms with van der Waals surface area (Å²) in [4.78, 5) is 0. The molecule has 3 nitrogen and oxygen atoms in total. The van der Waals surface area contributed by atoms with E-state index in [-0.39, 0.29) is 0 Å². The van der Waals surface area contributed by atoms with Crippen molar-refractivity contribution >= 4 is 88.3 Å². The summed E-state index contributed by atoms with van der Waals surface area (Å²) < 4.78 is 7.36. The maximum atomic E-state index is 4.19. The van der Waals surface area contributed by atoms with Crippen LogP contribution in [0.3, 0.4) is 0 Å². The maximum Gasteiger partial charge on any atom is 0.0619 e. The molecule has 0 radical (unpaired) electrons. The van der Waals surface area contributed by atoms with E-state index in [4.69, 9.17) is 0 Å². The molecule has 366 valence electrons. The number of fused-ring (bicyclic) bond motifs is 11. The van der Waals surface area contributed by atoms with Crippen LogP contribution >= 0.6 is 0 Å². The van der Waals surface area contributed by atoms with Crippen molar-refractivity contribution in [2.75, 3.05) is 0 Å². The van der Waals surface area contributed by atoms with Crippen LogP contribution in [0.5, 0.6) is 0 Å². The van der Waals surface area contributed by atoms with Gasteiger partial charge in [-0.15, -0.1) is 0 Å². The van der Waals surface area contributed by atoms with Gasteiger partial charge in [0.25, 0.3) is 0 Å². The fourth-order valence-corrected chi connectivity index (χ4v) is 12.6. The Bertz CT molecular complexity index is 4930. The normalized spacial score (nSPS) is 11.9. The van der Waals surface area contributed by atoms with E-state index in [0.29, 0.717) is 0 Å². The molecule has 0 spiro atoms. The Balaban J connectivity index is 0.974. The van der Waals surface area contributed by atoms with Crippen molar-refractivity contribution in [3.05, 3.63) is 285 Å². The zero-order chi connectivity index (χ0) is 51.8. The lowest BCUT2D eigenvalue weighted by atomic mass is 9.92. The van der Waals surface area contributed by atoms with E-state index in [1.165, 1.54) is 76.3 Å². The van der Waals surface area contributed by atoms with Gasteiger partial charge >= 0.3 is 0 Å². The first-order chi connectivity index (χ1) is 38.6. The Morgan fingerprint density at radius 2 is 0.795 bits per heavy atom. The Kier molecular flexibility index (Phi) is 10.6. The van der Waals surface area contributed by atoms with Crippen LogP contribution in [0.2, 0.25) is 0 Å². The largest absolute Gasteiger partial charge is 0.309 e. The molecule has 78 heavy (non-hydrogen) atoms. The first kappa shape index (κ1) is 45.2. The second-order valence-electron chi connectivity index (χ2n) is 20.5. The van der Waals surface area contributed by atoms with E-state index in [9.17, 15) is 0 Å². The average Bonchev–Trinajstić information content (AvgIpc) is 4.33. The molecule has 0 saturated carbocycles. The van der Waals surface area contributed by atoms with Crippen LogP contribution in [0.1, 0.15) is 18.1 Å². The summed E-state index contributed by atoms with van der Waals surface area (Å²) in [5.74, 6) is 0. The van der Waals surface area contributed by atoms with Gasteiger partial charge in [-0.05, 0) is 159 Å². The highest BCUT2D eigenvalue weighted by molar-refractivity contribution is 6.19. The van der Waals surface area contributed by atoms with Gasteiger partial charge in [0.15, 0.2) is 0 Å². The predicted molar refractivity (Wildman–Crippen MR) is 334 cm³/mol. The summed E-state index contributed by atoms with van der Waals surface area (Å²) in [5, 5.41) is 9.79. The molecule has 0 unspecified atom stereocenters. The van der Waals surface area contributed by atoms with Gasteiger partial charge < -0.3 is 13.7 Å². The zero-order valence-corrected chi connectivity index (χ0v) is 43.1. The van der Waals surface area contributed by atoms with Gasteiger partial charge in [0, 0.05) is 54.8 Å². The van der Waals surface area contributed by atoms with Crippen molar-refractivity contribution in [3.8, 4) is 61.6 Å². The summed E-state index contributed by atoms with van der Waals surface area (Å²) in [7, 11) is 0. The lowest BCUT2D eigenvalue weighted by Gasteiger charge is -2.16. The smallest absolute Gasteiger partial charge is 0.0619 e. The van der Waals surface area contributed by atoms with Gasteiger partial charge in [-0.2, -0.15) is 0 Å². The maximum absolute atomic E-state index is 4.19. The van der Waals surface area contributed by atoms with Crippen LogP contribution < -0.4 is 0 Å². The van der Waals surface area contributed by atoms with Crippen LogP contribution in [0, 0.1) is 0 Å². The molecule has 0 bridgehead atoms. The molecule has 0 N–H and O–H groups in total. The molecule has 3 aromatic heterocycles. The molecule has 3 heteroatoms. The lowest BCUT2D eigenvalue weighted by Crippen LogP contribution is -1.97. The SMILES string of the molecule is C=Cc1cccc(-c2cc(-c3ccccc3)cc(-n3c4ccccc4c4cc(-c5cc(-c6ccc7c(c6)c6ccccc6n7-c6ccccc6)cc(-n6c7ccccc7c7ccc8ccccc8c76)c5)ccc43)c2)c1/C=C\C. The van der Waals surface area contributed by atoms with Crippen LogP contribution in [0.25, 0.3) is 150 Å². The minimum Gasteiger partial charge on any atom is -0.309 e. The van der Waals surface area contributed by atoms with Gasteiger partial charge in [0.05, 0.1) is 33.1 Å². The van der Waals surface area contributed by atoms with Gasteiger partial charge in [-0.25, -0.2) is 0 Å². The Morgan fingerprint density at radius 1 is 0.308 bits per heavy atom. The number of para-hydroxylation sites is 4. The third-order valence-corrected chi connectivity index (χ3v) is 16.0. The van der Waals surface area contributed by atoms with E-state index >= 15 is 0 Å². The van der Waals surface area contributed by atoms with Gasteiger partial charge in [-0.1, -0.05) is 195 Å². The number of rotatable bonds is 9. The quantitative estimate of drug-likeness (QED) is 0.137. The Morgan fingerprint density at radius 3 is 1.42 bits per heavy atom. The number of nitrogens with zero attached hydrogens (tertiary/aromatic N) is 3. The van der Waals surface area contributed by atoms with Crippen LogP contribution in [-0.4, -0.2) is 13.7 Å². The van der Waals surface area contributed by atoms with Crippen LogP contribution in [0.4, 0.5) is 0 Å². The van der Waals surface area contributed by atoms with E-state index < -0.39 is 0 Å². The van der Waals surface area contributed by atoms with Crippen molar-refractivity contribution in [2.45, 2.75) is 6.92 Å². The number of hydrogen-bond acceptors (Lipinski definition) is 0.